The summed E-state index contributed by atoms with van der Waals surface area (Å²) < 4.78 is 1.69. The number of likely N-dealkylation sites (tertiary alicyclic amines) is 1. The Morgan fingerprint density at radius 2 is 2.00 bits per heavy atom. The van der Waals surface area contributed by atoms with Crippen LogP contribution >= 0.6 is 0 Å². The van der Waals surface area contributed by atoms with E-state index in [1.807, 2.05) is 37.3 Å². The SMILES string of the molecule is Cc1c(C(=O)NCC(C)N2CCCC2)nnn1-c1cccc2cccnc12. The topological polar surface area (TPSA) is 75.9 Å². The van der Waals surface area contributed by atoms with Crippen LogP contribution in [0.4, 0.5) is 0 Å². The molecular formula is C20H24N6O. The fourth-order valence-electron chi connectivity index (χ4n) is 3.66. The zero-order chi connectivity index (χ0) is 18.8. The number of carbonyl (C=O) groups is 1. The average Bonchev–Trinajstić information content (AvgIpc) is 3.35. The van der Waals surface area contributed by atoms with Crippen LogP contribution in [0.25, 0.3) is 16.6 Å². The van der Waals surface area contributed by atoms with Gasteiger partial charge >= 0.3 is 0 Å². The highest BCUT2D eigenvalue weighted by molar-refractivity contribution is 5.93. The first-order valence-electron chi connectivity index (χ1n) is 9.44. The summed E-state index contributed by atoms with van der Waals surface area (Å²) in [6, 6.07) is 10.1. The van der Waals surface area contributed by atoms with Crippen molar-refractivity contribution in [3.8, 4) is 5.69 Å². The van der Waals surface area contributed by atoms with Gasteiger partial charge in [-0.25, -0.2) is 4.68 Å². The lowest BCUT2D eigenvalue weighted by Gasteiger charge is -2.23. The molecule has 1 N–H and O–H groups in total. The van der Waals surface area contributed by atoms with Gasteiger partial charge < -0.3 is 5.32 Å². The van der Waals surface area contributed by atoms with E-state index in [0.717, 1.165) is 29.7 Å². The van der Waals surface area contributed by atoms with Gasteiger partial charge in [-0.1, -0.05) is 23.4 Å². The molecule has 1 aromatic carbocycles. The van der Waals surface area contributed by atoms with Gasteiger partial charge in [0.05, 0.1) is 16.9 Å². The lowest BCUT2D eigenvalue weighted by Crippen LogP contribution is -2.40. The molecule has 0 radical (unpaired) electrons. The molecule has 0 spiro atoms. The van der Waals surface area contributed by atoms with Crippen LogP contribution in [0.15, 0.2) is 36.5 Å². The summed E-state index contributed by atoms with van der Waals surface area (Å²) in [5.74, 6) is -0.182. The maximum absolute atomic E-state index is 12.6. The Morgan fingerprint density at radius 1 is 1.22 bits per heavy atom. The molecule has 0 saturated carbocycles. The predicted molar refractivity (Wildman–Crippen MR) is 104 cm³/mol. The number of hydrogen-bond acceptors (Lipinski definition) is 5. The monoisotopic (exact) mass is 364 g/mol. The van der Waals surface area contributed by atoms with Gasteiger partial charge in [-0.3, -0.25) is 14.7 Å². The van der Waals surface area contributed by atoms with Crippen molar-refractivity contribution in [3.63, 3.8) is 0 Å². The quantitative estimate of drug-likeness (QED) is 0.752. The van der Waals surface area contributed by atoms with Gasteiger partial charge in [0, 0.05) is 24.2 Å². The number of fused-ring (bicyclic) bond motifs is 1. The molecular weight excluding hydrogens is 340 g/mol. The van der Waals surface area contributed by atoms with E-state index in [1.165, 1.54) is 12.8 Å². The average molecular weight is 364 g/mol. The second-order valence-electron chi connectivity index (χ2n) is 7.09. The van der Waals surface area contributed by atoms with Crippen LogP contribution in [-0.4, -0.2) is 56.5 Å². The van der Waals surface area contributed by atoms with E-state index in [1.54, 1.807) is 10.9 Å². The van der Waals surface area contributed by atoms with E-state index in [9.17, 15) is 4.79 Å². The third-order valence-electron chi connectivity index (χ3n) is 5.27. The third-order valence-corrected chi connectivity index (χ3v) is 5.27. The largest absolute Gasteiger partial charge is 0.349 e. The first kappa shape index (κ1) is 17.6. The van der Waals surface area contributed by atoms with Crippen molar-refractivity contribution in [2.24, 2.45) is 0 Å². The minimum absolute atomic E-state index is 0.182. The Hall–Kier alpha value is -2.80. The lowest BCUT2D eigenvalue weighted by molar-refractivity contribution is 0.0934. The predicted octanol–water partition coefficient (Wildman–Crippen LogP) is 2.34. The number of amides is 1. The van der Waals surface area contributed by atoms with E-state index in [0.29, 0.717) is 24.0 Å². The standard InChI is InChI=1S/C20H24N6O/c1-14(25-11-3-4-12-25)13-22-20(27)18-15(2)26(24-23-18)17-9-5-7-16-8-6-10-21-19(16)17/h5-10,14H,3-4,11-13H2,1-2H3,(H,22,27). The molecule has 7 heteroatoms. The Labute approximate surface area is 158 Å². The number of benzene rings is 1. The number of nitrogens with one attached hydrogen (secondary N) is 1. The van der Waals surface area contributed by atoms with Crippen molar-refractivity contribution < 1.29 is 4.79 Å². The highest BCUT2D eigenvalue weighted by Gasteiger charge is 2.21. The Kier molecular flexibility index (Phi) is 4.85. The highest BCUT2D eigenvalue weighted by atomic mass is 16.2. The Morgan fingerprint density at radius 3 is 2.81 bits per heavy atom. The molecule has 0 bridgehead atoms. The Balaban J connectivity index is 1.54. The molecule has 4 rings (SSSR count). The van der Waals surface area contributed by atoms with E-state index in [4.69, 9.17) is 0 Å². The van der Waals surface area contributed by atoms with Crippen LogP contribution in [0.2, 0.25) is 0 Å². The van der Waals surface area contributed by atoms with Crippen LogP contribution in [0, 0.1) is 6.92 Å². The summed E-state index contributed by atoms with van der Waals surface area (Å²) in [6.45, 7) is 6.85. The summed E-state index contributed by atoms with van der Waals surface area (Å²) in [6.07, 6.45) is 4.24. The molecule has 3 aromatic rings. The second-order valence-corrected chi connectivity index (χ2v) is 7.09. The molecule has 1 aliphatic rings. The van der Waals surface area contributed by atoms with E-state index < -0.39 is 0 Å². The first-order chi connectivity index (χ1) is 13.1. The van der Waals surface area contributed by atoms with Gasteiger partial charge in [-0.2, -0.15) is 0 Å². The van der Waals surface area contributed by atoms with Crippen molar-refractivity contribution in [2.75, 3.05) is 19.6 Å². The smallest absolute Gasteiger partial charge is 0.273 e. The Bertz CT molecular complexity index is 955. The molecule has 1 unspecified atom stereocenters. The zero-order valence-corrected chi connectivity index (χ0v) is 15.7. The minimum Gasteiger partial charge on any atom is -0.349 e. The molecule has 1 amide bonds. The highest BCUT2D eigenvalue weighted by Crippen LogP contribution is 2.21. The van der Waals surface area contributed by atoms with Crippen LogP contribution < -0.4 is 5.32 Å². The summed E-state index contributed by atoms with van der Waals surface area (Å²) in [5, 5.41) is 12.4. The van der Waals surface area contributed by atoms with Gasteiger partial charge in [0.1, 0.15) is 0 Å². The number of aromatic nitrogens is 4. The molecule has 1 aliphatic heterocycles. The van der Waals surface area contributed by atoms with E-state index >= 15 is 0 Å². The van der Waals surface area contributed by atoms with Crippen LogP contribution in [0.1, 0.15) is 35.9 Å². The van der Waals surface area contributed by atoms with Crippen molar-refractivity contribution in [1.29, 1.82) is 0 Å². The van der Waals surface area contributed by atoms with Gasteiger partial charge in [-0.15, -0.1) is 5.10 Å². The fourth-order valence-corrected chi connectivity index (χ4v) is 3.66. The first-order valence-corrected chi connectivity index (χ1v) is 9.44. The molecule has 7 nitrogen and oxygen atoms in total. The maximum atomic E-state index is 12.6. The number of hydrogen-bond donors (Lipinski definition) is 1. The van der Waals surface area contributed by atoms with Gasteiger partial charge in [0.2, 0.25) is 0 Å². The molecule has 3 heterocycles. The second kappa shape index (κ2) is 7.44. The summed E-state index contributed by atoms with van der Waals surface area (Å²) >= 11 is 0. The fraction of sp³-hybridized carbons (Fsp3) is 0.400. The third kappa shape index (κ3) is 3.42. The zero-order valence-electron chi connectivity index (χ0n) is 15.7. The van der Waals surface area contributed by atoms with Gasteiger partial charge in [0.15, 0.2) is 5.69 Å². The van der Waals surface area contributed by atoms with Crippen LogP contribution in [0.3, 0.4) is 0 Å². The number of pyridine rings is 1. The number of para-hydroxylation sites is 1. The van der Waals surface area contributed by atoms with Crippen molar-refractivity contribution in [3.05, 3.63) is 47.9 Å². The summed E-state index contributed by atoms with van der Waals surface area (Å²) in [5.41, 5.74) is 2.72. The summed E-state index contributed by atoms with van der Waals surface area (Å²) in [7, 11) is 0. The molecule has 0 aliphatic carbocycles. The van der Waals surface area contributed by atoms with Crippen LogP contribution in [0.5, 0.6) is 0 Å². The number of rotatable bonds is 5. The number of nitrogens with zero attached hydrogens (tertiary/aromatic N) is 5. The van der Waals surface area contributed by atoms with E-state index in [2.05, 4.69) is 32.4 Å². The molecule has 1 fully saturated rings. The molecule has 27 heavy (non-hydrogen) atoms. The molecule has 1 saturated heterocycles. The maximum Gasteiger partial charge on any atom is 0.273 e. The summed E-state index contributed by atoms with van der Waals surface area (Å²) in [4.78, 5) is 19.5. The lowest BCUT2D eigenvalue weighted by atomic mass is 10.2. The molecule has 2 aromatic heterocycles. The molecule has 1 atom stereocenters. The van der Waals surface area contributed by atoms with Crippen molar-refractivity contribution in [1.82, 2.24) is 30.2 Å². The van der Waals surface area contributed by atoms with Crippen LogP contribution in [-0.2, 0) is 0 Å². The normalized spacial score (nSPS) is 15.9. The minimum atomic E-state index is -0.182. The van der Waals surface area contributed by atoms with Crippen molar-refractivity contribution in [2.45, 2.75) is 32.7 Å². The van der Waals surface area contributed by atoms with Gasteiger partial charge in [-0.05, 0) is 51.9 Å². The number of carbonyl (C=O) groups excluding carboxylic acids is 1. The van der Waals surface area contributed by atoms with Gasteiger partial charge in [0.25, 0.3) is 5.91 Å². The molecule has 140 valence electrons. The van der Waals surface area contributed by atoms with E-state index in [-0.39, 0.29) is 5.91 Å². The van der Waals surface area contributed by atoms with Crippen molar-refractivity contribution >= 4 is 16.8 Å².